The lowest BCUT2D eigenvalue weighted by atomic mass is 9.78. The molecule has 1 atom stereocenters. The first-order valence-electron chi connectivity index (χ1n) is 4.75. The van der Waals surface area contributed by atoms with Crippen LogP contribution in [0.3, 0.4) is 0 Å². The normalized spacial score (nSPS) is 13.4. The van der Waals surface area contributed by atoms with E-state index >= 15 is 0 Å². The van der Waals surface area contributed by atoms with E-state index in [-0.39, 0.29) is 0 Å². The molecule has 1 heterocycles. The van der Waals surface area contributed by atoms with Crippen LogP contribution in [-0.4, -0.2) is 39.7 Å². The van der Waals surface area contributed by atoms with E-state index in [9.17, 15) is 15.0 Å². The van der Waals surface area contributed by atoms with Gasteiger partial charge in [-0.05, 0) is 33.6 Å². The fraction of sp³-hybridized carbons (Fsp3) is 0.400. The van der Waals surface area contributed by atoms with E-state index in [1.807, 2.05) is 0 Å². The first-order chi connectivity index (χ1) is 7.97. The molecule has 1 rings (SSSR count). The maximum absolute atomic E-state index is 11.2. The summed E-state index contributed by atoms with van der Waals surface area (Å²) in [6.07, 6.45) is 1.48. The van der Waals surface area contributed by atoms with Crippen molar-refractivity contribution in [1.82, 2.24) is 4.98 Å². The lowest BCUT2D eigenvalue weighted by Gasteiger charge is -2.33. The van der Waals surface area contributed by atoms with E-state index in [4.69, 9.17) is 17.3 Å². The molecule has 0 aliphatic carbocycles. The van der Waals surface area contributed by atoms with Crippen molar-refractivity contribution in [2.24, 2.45) is 5.73 Å². The second kappa shape index (κ2) is 5.77. The Kier molecular flexibility index (Phi) is 4.88. The number of aliphatic hydroxyl groups is 2. The lowest BCUT2D eigenvalue weighted by molar-refractivity contribution is -0.119. The van der Waals surface area contributed by atoms with Crippen LogP contribution in [-0.2, 0) is 10.2 Å². The molecule has 0 saturated carbocycles. The molecule has 1 amide bonds. The highest BCUT2D eigenvalue weighted by molar-refractivity contribution is 9.10. The Morgan fingerprint density at radius 1 is 1.59 bits per heavy atom. The van der Waals surface area contributed by atoms with Crippen molar-refractivity contribution < 1.29 is 15.0 Å². The van der Waals surface area contributed by atoms with Crippen LogP contribution in [0.15, 0.2) is 22.9 Å². The first-order valence-corrected chi connectivity index (χ1v) is 5.98. The van der Waals surface area contributed by atoms with E-state index in [1.165, 1.54) is 6.20 Å². The standard InChI is InChI=1S/C10H12BrClN2O3/c11-7-3-6(1-2-14-7)10(4-15,5-16)8(12)9(13)17/h1-3,8,15-16H,4-5H2,(H2,13,17). The summed E-state index contributed by atoms with van der Waals surface area (Å²) in [6, 6.07) is 3.14. The van der Waals surface area contributed by atoms with Gasteiger partial charge in [-0.15, -0.1) is 11.6 Å². The van der Waals surface area contributed by atoms with Crippen molar-refractivity contribution in [1.29, 1.82) is 0 Å². The van der Waals surface area contributed by atoms with E-state index in [2.05, 4.69) is 20.9 Å². The van der Waals surface area contributed by atoms with Crippen LogP contribution in [0, 0.1) is 0 Å². The molecule has 0 radical (unpaired) electrons. The molecule has 0 bridgehead atoms. The Morgan fingerprint density at radius 3 is 2.59 bits per heavy atom. The largest absolute Gasteiger partial charge is 0.395 e. The average Bonchev–Trinajstić information content (AvgIpc) is 2.31. The second-order valence-corrected chi connectivity index (χ2v) is 4.85. The van der Waals surface area contributed by atoms with Crippen molar-refractivity contribution in [3.8, 4) is 0 Å². The van der Waals surface area contributed by atoms with Crippen LogP contribution in [0.2, 0.25) is 0 Å². The molecule has 0 spiro atoms. The minimum Gasteiger partial charge on any atom is -0.395 e. The van der Waals surface area contributed by atoms with E-state index in [0.29, 0.717) is 10.2 Å². The first kappa shape index (κ1) is 14.4. The number of primary amides is 1. The molecular weight excluding hydrogens is 311 g/mol. The summed E-state index contributed by atoms with van der Waals surface area (Å²) in [5.41, 5.74) is 4.30. The van der Waals surface area contributed by atoms with Crippen molar-refractivity contribution >= 4 is 33.4 Å². The number of halogens is 2. The number of nitrogens with two attached hydrogens (primary N) is 1. The Labute approximate surface area is 112 Å². The van der Waals surface area contributed by atoms with Gasteiger partial charge in [-0.25, -0.2) is 4.98 Å². The fourth-order valence-electron chi connectivity index (χ4n) is 1.52. The molecule has 0 saturated heterocycles. The number of aromatic nitrogens is 1. The second-order valence-electron chi connectivity index (χ2n) is 3.60. The molecular formula is C10H12BrClN2O3. The number of alkyl halides is 1. The van der Waals surface area contributed by atoms with Crippen LogP contribution < -0.4 is 5.73 Å². The Hall–Kier alpha value is -0.690. The summed E-state index contributed by atoms with van der Waals surface area (Å²) in [5.74, 6) is -0.803. The van der Waals surface area contributed by atoms with Gasteiger partial charge in [-0.3, -0.25) is 4.79 Å². The van der Waals surface area contributed by atoms with Gasteiger partial charge in [0.1, 0.15) is 9.98 Å². The molecule has 0 fully saturated rings. The van der Waals surface area contributed by atoms with Gasteiger partial charge in [0, 0.05) is 6.20 Å². The molecule has 0 aliphatic rings. The van der Waals surface area contributed by atoms with Crippen molar-refractivity contribution in [2.45, 2.75) is 10.8 Å². The van der Waals surface area contributed by atoms with Crippen molar-refractivity contribution in [3.63, 3.8) is 0 Å². The molecule has 0 aromatic carbocycles. The van der Waals surface area contributed by atoms with E-state index in [1.54, 1.807) is 12.1 Å². The Balaban J connectivity index is 3.29. The Bertz CT molecular complexity index is 412. The number of nitrogens with zero attached hydrogens (tertiary/aromatic N) is 1. The third kappa shape index (κ3) is 2.77. The van der Waals surface area contributed by atoms with Crippen LogP contribution in [0.5, 0.6) is 0 Å². The average molecular weight is 324 g/mol. The summed E-state index contributed by atoms with van der Waals surface area (Å²) >= 11 is 9.06. The van der Waals surface area contributed by atoms with Crippen LogP contribution in [0.1, 0.15) is 5.56 Å². The number of carbonyl (C=O) groups is 1. The molecule has 1 aromatic rings. The van der Waals surface area contributed by atoms with E-state index in [0.717, 1.165) is 0 Å². The highest BCUT2D eigenvalue weighted by Crippen LogP contribution is 2.31. The quantitative estimate of drug-likeness (QED) is 0.531. The SMILES string of the molecule is NC(=O)C(Cl)C(CO)(CO)c1ccnc(Br)c1. The summed E-state index contributed by atoms with van der Waals surface area (Å²) in [6.45, 7) is -1.01. The molecule has 1 unspecified atom stereocenters. The highest BCUT2D eigenvalue weighted by Gasteiger charge is 2.42. The number of rotatable bonds is 5. The van der Waals surface area contributed by atoms with Crippen LogP contribution in [0.25, 0.3) is 0 Å². The number of carbonyl (C=O) groups excluding carboxylic acids is 1. The van der Waals surface area contributed by atoms with Gasteiger partial charge in [0.05, 0.1) is 18.6 Å². The van der Waals surface area contributed by atoms with Crippen LogP contribution in [0.4, 0.5) is 0 Å². The van der Waals surface area contributed by atoms with Gasteiger partial charge in [-0.1, -0.05) is 0 Å². The summed E-state index contributed by atoms with van der Waals surface area (Å²) in [4.78, 5) is 15.1. The third-order valence-electron chi connectivity index (χ3n) is 2.60. The topological polar surface area (TPSA) is 96.4 Å². The van der Waals surface area contributed by atoms with Gasteiger partial charge < -0.3 is 15.9 Å². The molecule has 94 valence electrons. The summed E-state index contributed by atoms with van der Waals surface area (Å²) < 4.78 is 0.509. The van der Waals surface area contributed by atoms with Gasteiger partial charge >= 0.3 is 0 Å². The van der Waals surface area contributed by atoms with Gasteiger partial charge in [0.15, 0.2) is 0 Å². The van der Waals surface area contributed by atoms with Gasteiger partial charge in [0.2, 0.25) is 5.91 Å². The molecule has 4 N–H and O–H groups in total. The summed E-state index contributed by atoms with van der Waals surface area (Å²) in [5, 5.41) is 17.7. The van der Waals surface area contributed by atoms with Gasteiger partial charge in [-0.2, -0.15) is 0 Å². The number of hydrogen-bond donors (Lipinski definition) is 3. The zero-order valence-corrected chi connectivity index (χ0v) is 11.1. The molecule has 5 nitrogen and oxygen atoms in total. The maximum Gasteiger partial charge on any atom is 0.236 e. The molecule has 7 heteroatoms. The number of aliphatic hydroxyl groups excluding tert-OH is 2. The predicted octanol–water partition coefficient (Wildman–Crippen LogP) is 0.159. The number of amides is 1. The maximum atomic E-state index is 11.2. The minimum absolute atomic E-state index is 0.489. The van der Waals surface area contributed by atoms with Crippen molar-refractivity contribution in [2.75, 3.05) is 13.2 Å². The monoisotopic (exact) mass is 322 g/mol. The predicted molar refractivity (Wildman–Crippen MR) is 66.6 cm³/mol. The lowest BCUT2D eigenvalue weighted by Crippen LogP contribution is -2.49. The third-order valence-corrected chi connectivity index (χ3v) is 3.67. The zero-order valence-electron chi connectivity index (χ0n) is 8.81. The highest BCUT2D eigenvalue weighted by atomic mass is 79.9. The number of hydrogen-bond acceptors (Lipinski definition) is 4. The Morgan fingerprint density at radius 2 is 2.18 bits per heavy atom. The molecule has 17 heavy (non-hydrogen) atoms. The van der Waals surface area contributed by atoms with Crippen LogP contribution >= 0.6 is 27.5 Å². The molecule has 1 aromatic heterocycles. The van der Waals surface area contributed by atoms with Gasteiger partial charge in [0.25, 0.3) is 0 Å². The molecule has 0 aliphatic heterocycles. The zero-order chi connectivity index (χ0) is 13.1. The van der Waals surface area contributed by atoms with Crippen molar-refractivity contribution in [3.05, 3.63) is 28.5 Å². The summed E-state index contributed by atoms with van der Waals surface area (Å²) in [7, 11) is 0. The smallest absolute Gasteiger partial charge is 0.236 e. The minimum atomic E-state index is -1.32. The fourth-order valence-corrected chi connectivity index (χ4v) is 2.15. The number of pyridine rings is 1. The van der Waals surface area contributed by atoms with E-state index < -0.39 is 29.9 Å².